The van der Waals surface area contributed by atoms with Crippen LogP contribution < -0.4 is 5.32 Å². The van der Waals surface area contributed by atoms with Gasteiger partial charge in [-0.3, -0.25) is 0 Å². The van der Waals surface area contributed by atoms with Gasteiger partial charge in [-0.2, -0.15) is 10.5 Å². The van der Waals surface area contributed by atoms with Gasteiger partial charge in [-0.15, -0.1) is 6.42 Å². The molecule has 0 aliphatic rings. The maximum atomic E-state index is 8.80. The van der Waals surface area contributed by atoms with Gasteiger partial charge in [0, 0.05) is 11.7 Å². The Kier molecular flexibility index (Phi) is 4.26. The van der Waals surface area contributed by atoms with Crippen molar-refractivity contribution in [3.05, 3.63) is 23.4 Å². The summed E-state index contributed by atoms with van der Waals surface area (Å²) in [5, 5.41) is 18.6. The minimum atomic E-state index is -1.50. The van der Waals surface area contributed by atoms with Crippen molar-refractivity contribution in [3.8, 4) is 24.5 Å². The van der Waals surface area contributed by atoms with E-state index in [4.69, 9.17) is 16.9 Å². The first-order valence-electron chi connectivity index (χ1n) is 5.68. The molecule has 0 saturated carbocycles. The van der Waals surface area contributed by atoms with Crippen molar-refractivity contribution in [1.29, 1.82) is 10.5 Å². The van der Waals surface area contributed by atoms with E-state index in [1.807, 2.05) is 24.3 Å². The Morgan fingerprint density at radius 2 is 1.89 bits per heavy atom. The first kappa shape index (κ1) is 14.0. The van der Waals surface area contributed by atoms with Gasteiger partial charge < -0.3 is 0 Å². The van der Waals surface area contributed by atoms with Crippen LogP contribution in [0.15, 0.2) is 12.1 Å². The largest absolute Gasteiger partial charge is 0.249 e. The van der Waals surface area contributed by atoms with Crippen LogP contribution in [0.5, 0.6) is 0 Å². The van der Waals surface area contributed by atoms with E-state index in [0.717, 1.165) is 10.9 Å². The molecule has 0 atom stereocenters. The number of terminal acetylenes is 1. The van der Waals surface area contributed by atoms with E-state index in [9.17, 15) is 0 Å². The van der Waals surface area contributed by atoms with Gasteiger partial charge >= 0.3 is 0 Å². The van der Waals surface area contributed by atoms with Crippen molar-refractivity contribution in [3.63, 3.8) is 0 Å². The Balaban J connectivity index is 3.15. The lowest BCUT2D eigenvalue weighted by Crippen LogP contribution is -2.40. The number of nitriles is 2. The first-order chi connectivity index (χ1) is 8.42. The highest BCUT2D eigenvalue weighted by atomic mass is 28.3. The maximum absolute atomic E-state index is 8.80. The molecule has 1 aromatic heterocycles. The summed E-state index contributed by atoms with van der Waals surface area (Å²) >= 11 is 0. The molecule has 0 radical (unpaired) electrons. The fraction of sp³-hybridized carbons (Fsp3) is 0.357. The zero-order chi connectivity index (χ0) is 13.8. The number of rotatable bonds is 3. The summed E-state index contributed by atoms with van der Waals surface area (Å²) in [5.74, 6) is 1.88. The van der Waals surface area contributed by atoms with Crippen molar-refractivity contribution >= 4 is 13.4 Å². The molecule has 0 saturated heterocycles. The molecule has 3 nitrogen and oxygen atoms in total. The van der Waals surface area contributed by atoms with Gasteiger partial charge in [0.05, 0.1) is 12.1 Å². The summed E-state index contributed by atoms with van der Waals surface area (Å²) in [6.07, 6.45) is 5.80. The van der Waals surface area contributed by atoms with Crippen molar-refractivity contribution < 1.29 is 0 Å². The molecule has 0 fully saturated rings. The predicted molar refractivity (Wildman–Crippen MR) is 73.6 cm³/mol. The van der Waals surface area contributed by atoms with Crippen LogP contribution in [0, 0.1) is 40.9 Å². The number of aromatic nitrogens is 1. The number of pyridine rings is 1. The van der Waals surface area contributed by atoms with Crippen LogP contribution >= 0.6 is 0 Å². The lowest BCUT2D eigenvalue weighted by atomic mass is 10.0. The molecule has 0 amide bonds. The van der Waals surface area contributed by atoms with E-state index in [1.54, 1.807) is 0 Å². The van der Waals surface area contributed by atoms with Crippen molar-refractivity contribution in [2.45, 2.75) is 26.1 Å². The fourth-order valence-corrected chi connectivity index (χ4v) is 2.57. The van der Waals surface area contributed by atoms with Crippen LogP contribution in [0.2, 0.25) is 19.6 Å². The Morgan fingerprint density at radius 1 is 1.28 bits per heavy atom. The highest BCUT2D eigenvalue weighted by Crippen LogP contribution is 2.11. The van der Waals surface area contributed by atoms with E-state index in [2.05, 4.69) is 30.5 Å². The third-order valence-corrected chi connectivity index (χ3v) is 4.43. The molecule has 0 spiro atoms. The Morgan fingerprint density at radius 3 is 2.33 bits per heavy atom. The summed E-state index contributed by atoms with van der Waals surface area (Å²) in [6, 6.07) is 7.76. The third kappa shape index (κ3) is 3.20. The molecule has 0 aromatic carbocycles. The minimum Gasteiger partial charge on any atom is -0.249 e. The second-order valence-electron chi connectivity index (χ2n) is 5.11. The molecule has 1 rings (SSSR count). The number of hydrogen-bond donors (Lipinski definition) is 0. The van der Waals surface area contributed by atoms with E-state index >= 15 is 0 Å². The zero-order valence-corrected chi connectivity index (χ0v) is 11.9. The molecule has 18 heavy (non-hydrogen) atoms. The summed E-state index contributed by atoms with van der Waals surface area (Å²) < 4.78 is 0. The van der Waals surface area contributed by atoms with Gasteiger partial charge in [0.15, 0.2) is 0 Å². The lowest BCUT2D eigenvalue weighted by Gasteiger charge is -2.16. The quantitative estimate of drug-likeness (QED) is 0.610. The molecule has 90 valence electrons. The first-order valence-corrected chi connectivity index (χ1v) is 9.18. The molecule has 0 bridgehead atoms. The molecule has 0 aliphatic carbocycles. The average Bonchev–Trinajstić information content (AvgIpc) is 2.34. The van der Waals surface area contributed by atoms with E-state index in [-0.39, 0.29) is 0 Å². The summed E-state index contributed by atoms with van der Waals surface area (Å²) in [6.45, 7) is 6.59. The lowest BCUT2D eigenvalue weighted by molar-refractivity contribution is 0.827. The summed E-state index contributed by atoms with van der Waals surface area (Å²) in [4.78, 5) is 4.49. The van der Waals surface area contributed by atoms with Crippen LogP contribution in [-0.2, 0) is 6.42 Å². The number of nitrogens with zero attached hydrogens (tertiary/aromatic N) is 3. The molecule has 4 heteroatoms. The molecule has 0 aliphatic heterocycles. The van der Waals surface area contributed by atoms with Crippen LogP contribution in [0.25, 0.3) is 0 Å². The third-order valence-electron chi connectivity index (χ3n) is 2.62. The van der Waals surface area contributed by atoms with Gasteiger partial charge in [-0.05, 0) is 17.6 Å². The predicted octanol–water partition coefficient (Wildman–Crippen LogP) is 1.81. The fourth-order valence-electron chi connectivity index (χ4n) is 1.54. The molecule has 0 unspecified atom stereocenters. The van der Waals surface area contributed by atoms with E-state index in [0.29, 0.717) is 12.1 Å². The van der Waals surface area contributed by atoms with Crippen molar-refractivity contribution in [2.24, 2.45) is 5.92 Å². The van der Waals surface area contributed by atoms with Gasteiger partial charge in [0.1, 0.15) is 19.7 Å². The van der Waals surface area contributed by atoms with Crippen LogP contribution in [0.4, 0.5) is 0 Å². The average molecular weight is 253 g/mol. The Bertz CT molecular complexity index is 551. The standard InChI is InChI=1S/C14H15N3Si/c1-5-13-12(8-11(9-15)10-16)6-7-14(17-13)18(2,3)4/h1,6-7,11H,8H2,2-4H3. The smallest absolute Gasteiger partial charge is 0.137 e. The zero-order valence-electron chi connectivity index (χ0n) is 10.9. The SMILES string of the molecule is C#Cc1nc([Si](C)(C)C)ccc1CC(C#N)C#N. The second kappa shape index (κ2) is 5.49. The topological polar surface area (TPSA) is 60.5 Å². The highest BCUT2D eigenvalue weighted by Gasteiger charge is 2.20. The van der Waals surface area contributed by atoms with E-state index < -0.39 is 14.0 Å². The van der Waals surface area contributed by atoms with Gasteiger partial charge in [-0.1, -0.05) is 25.7 Å². The number of hydrogen-bond acceptors (Lipinski definition) is 3. The monoisotopic (exact) mass is 253 g/mol. The second-order valence-corrected chi connectivity index (χ2v) is 10.1. The Labute approximate surface area is 109 Å². The minimum absolute atomic E-state index is 0.339. The van der Waals surface area contributed by atoms with Gasteiger partial charge in [0.2, 0.25) is 0 Å². The summed E-state index contributed by atoms with van der Waals surface area (Å²) in [7, 11) is -1.50. The van der Waals surface area contributed by atoms with Crippen LogP contribution in [0.3, 0.4) is 0 Å². The normalized spacial score (nSPS) is 10.5. The Hall–Kier alpha value is -2.09. The highest BCUT2D eigenvalue weighted by molar-refractivity contribution is 6.88. The van der Waals surface area contributed by atoms with Gasteiger partial charge in [-0.25, -0.2) is 4.98 Å². The molecule has 1 heterocycles. The van der Waals surface area contributed by atoms with Gasteiger partial charge in [0.25, 0.3) is 0 Å². The van der Waals surface area contributed by atoms with Crippen molar-refractivity contribution in [2.75, 3.05) is 0 Å². The van der Waals surface area contributed by atoms with Crippen LogP contribution in [-0.4, -0.2) is 13.1 Å². The maximum Gasteiger partial charge on any atom is 0.137 e. The molecule has 0 N–H and O–H groups in total. The summed E-state index contributed by atoms with van der Waals surface area (Å²) in [5.41, 5.74) is 1.36. The van der Waals surface area contributed by atoms with E-state index in [1.165, 1.54) is 0 Å². The van der Waals surface area contributed by atoms with Crippen LogP contribution in [0.1, 0.15) is 11.3 Å². The molecular formula is C14H15N3Si. The molecular weight excluding hydrogens is 238 g/mol. The molecule has 1 aromatic rings. The van der Waals surface area contributed by atoms with Crippen molar-refractivity contribution in [1.82, 2.24) is 4.98 Å².